The van der Waals surface area contributed by atoms with Crippen molar-refractivity contribution in [2.75, 3.05) is 29.0 Å². The van der Waals surface area contributed by atoms with E-state index in [1.807, 2.05) is 32.0 Å². The van der Waals surface area contributed by atoms with E-state index in [0.717, 1.165) is 16.7 Å². The number of hydrogen-bond donors (Lipinski definition) is 1. The van der Waals surface area contributed by atoms with Gasteiger partial charge in [0, 0.05) is 24.3 Å². The fourth-order valence-corrected chi connectivity index (χ4v) is 6.58. The van der Waals surface area contributed by atoms with Gasteiger partial charge in [0.15, 0.2) is 0 Å². The average molecular weight is 544 g/mol. The third-order valence-electron chi connectivity index (χ3n) is 6.09. The highest BCUT2D eigenvalue weighted by Gasteiger charge is 2.23. The maximum atomic E-state index is 12.8. The van der Waals surface area contributed by atoms with Crippen LogP contribution in [0.2, 0.25) is 0 Å². The summed E-state index contributed by atoms with van der Waals surface area (Å²) in [6.07, 6.45) is 1.18. The van der Waals surface area contributed by atoms with E-state index in [0.29, 0.717) is 30.0 Å². The molecule has 3 aromatic carbocycles. The molecule has 0 aliphatic heterocycles. The first-order valence-electron chi connectivity index (χ1n) is 11.9. The molecule has 0 aliphatic rings. The molecule has 0 spiro atoms. The topological polar surface area (TPSA) is 104 Å². The molecule has 0 bridgehead atoms. The number of nitrogens with zero attached hydrogens (tertiary/aromatic N) is 2. The largest absolute Gasteiger partial charge is 0.322 e. The van der Waals surface area contributed by atoms with Gasteiger partial charge in [-0.2, -0.15) is 4.31 Å². The molecule has 0 aromatic heterocycles. The van der Waals surface area contributed by atoms with Crippen molar-refractivity contribution in [1.82, 2.24) is 4.31 Å². The van der Waals surface area contributed by atoms with Crippen LogP contribution in [0.4, 0.5) is 11.4 Å². The third-order valence-corrected chi connectivity index (χ3v) is 9.26. The fraction of sp³-hybridized carbons (Fsp3) is 0.296. The number of hydrogen-bond acceptors (Lipinski definition) is 5. The number of carbonyl (C=O) groups excluding carboxylic acids is 1. The summed E-state index contributed by atoms with van der Waals surface area (Å²) in [6.45, 7) is 8.19. The first kappa shape index (κ1) is 28.4. The Morgan fingerprint density at radius 1 is 0.811 bits per heavy atom. The quantitative estimate of drug-likeness (QED) is 0.404. The van der Waals surface area contributed by atoms with E-state index in [4.69, 9.17) is 0 Å². The standard InChI is InChI=1S/C27H33N3O5S2/c1-6-29(7-2)37(34,35)25-17-15-24(16-18-25)28-27(31)23-13-11-22(12-14-23)19-30(36(5,32)33)26-20(3)9-8-10-21(26)4/h8-18H,6-7,19H2,1-5H3,(H,28,31). The SMILES string of the molecule is CCN(CC)S(=O)(=O)c1ccc(NC(=O)c2ccc(CN(c3c(C)cccc3C)S(C)(=O)=O)cc2)cc1. The van der Waals surface area contributed by atoms with E-state index >= 15 is 0 Å². The zero-order valence-electron chi connectivity index (χ0n) is 21.7. The fourth-order valence-electron chi connectivity index (χ4n) is 4.11. The first-order chi connectivity index (χ1) is 17.4. The van der Waals surface area contributed by atoms with Gasteiger partial charge < -0.3 is 5.32 Å². The highest BCUT2D eigenvalue weighted by atomic mass is 32.2. The summed E-state index contributed by atoms with van der Waals surface area (Å²) in [4.78, 5) is 12.9. The van der Waals surface area contributed by atoms with Gasteiger partial charge >= 0.3 is 0 Å². The molecule has 0 fully saturated rings. The van der Waals surface area contributed by atoms with Gasteiger partial charge in [0.05, 0.1) is 23.4 Å². The van der Waals surface area contributed by atoms with E-state index in [9.17, 15) is 21.6 Å². The minimum atomic E-state index is -3.58. The second kappa shape index (κ2) is 11.5. The molecule has 8 nitrogen and oxygen atoms in total. The van der Waals surface area contributed by atoms with E-state index in [1.165, 1.54) is 27.0 Å². The number of benzene rings is 3. The number of amides is 1. The van der Waals surface area contributed by atoms with Gasteiger partial charge in [-0.25, -0.2) is 16.8 Å². The van der Waals surface area contributed by atoms with Crippen LogP contribution in [-0.2, 0) is 26.6 Å². The molecule has 0 heterocycles. The normalized spacial score (nSPS) is 11.9. The average Bonchev–Trinajstić information content (AvgIpc) is 2.84. The number of aryl methyl sites for hydroxylation is 2. The van der Waals surface area contributed by atoms with Crippen LogP contribution < -0.4 is 9.62 Å². The number of sulfonamides is 2. The molecule has 3 rings (SSSR count). The maximum Gasteiger partial charge on any atom is 0.255 e. The molecule has 0 atom stereocenters. The van der Waals surface area contributed by atoms with E-state index in [2.05, 4.69) is 5.32 Å². The zero-order valence-corrected chi connectivity index (χ0v) is 23.4. The molecule has 0 saturated heterocycles. The van der Waals surface area contributed by atoms with Crippen molar-refractivity contribution >= 4 is 37.3 Å². The Balaban J connectivity index is 1.75. The van der Waals surface area contributed by atoms with Gasteiger partial charge in [-0.15, -0.1) is 0 Å². The van der Waals surface area contributed by atoms with E-state index < -0.39 is 20.0 Å². The second-order valence-corrected chi connectivity index (χ2v) is 12.6. The van der Waals surface area contributed by atoms with Crippen molar-refractivity contribution in [2.24, 2.45) is 0 Å². The smallest absolute Gasteiger partial charge is 0.255 e. The van der Waals surface area contributed by atoms with Crippen LogP contribution in [0.3, 0.4) is 0 Å². The van der Waals surface area contributed by atoms with Crippen LogP contribution in [0.25, 0.3) is 0 Å². The van der Waals surface area contributed by atoms with E-state index in [1.54, 1.807) is 50.2 Å². The van der Waals surface area contributed by atoms with E-state index in [-0.39, 0.29) is 17.3 Å². The molecular weight excluding hydrogens is 510 g/mol. The van der Waals surface area contributed by atoms with Gasteiger partial charge in [0.2, 0.25) is 20.0 Å². The summed E-state index contributed by atoms with van der Waals surface area (Å²) in [5.41, 5.74) is 3.95. The second-order valence-electron chi connectivity index (χ2n) is 8.77. The van der Waals surface area contributed by atoms with Crippen LogP contribution in [0.1, 0.15) is 40.9 Å². The lowest BCUT2D eigenvalue weighted by Gasteiger charge is -2.26. The first-order valence-corrected chi connectivity index (χ1v) is 15.2. The Morgan fingerprint density at radius 2 is 1.35 bits per heavy atom. The molecule has 0 saturated carbocycles. The Hall–Kier alpha value is -3.21. The van der Waals surface area contributed by atoms with Gasteiger partial charge in [-0.3, -0.25) is 9.10 Å². The summed E-state index contributed by atoms with van der Waals surface area (Å²) >= 11 is 0. The predicted octanol–water partition coefficient (Wildman–Crippen LogP) is 4.55. The Kier molecular flexibility index (Phi) is 8.78. The van der Waals surface area contributed by atoms with Crippen LogP contribution in [0, 0.1) is 13.8 Å². The van der Waals surface area contributed by atoms with Crippen LogP contribution >= 0.6 is 0 Å². The molecule has 3 aromatic rings. The van der Waals surface area contributed by atoms with Crippen molar-refractivity contribution in [3.05, 3.63) is 89.0 Å². The molecule has 0 radical (unpaired) electrons. The van der Waals surface area contributed by atoms with Crippen molar-refractivity contribution in [3.63, 3.8) is 0 Å². The summed E-state index contributed by atoms with van der Waals surface area (Å²) < 4.78 is 53.2. The molecule has 10 heteroatoms. The molecule has 198 valence electrons. The minimum Gasteiger partial charge on any atom is -0.322 e. The number of rotatable bonds is 10. The monoisotopic (exact) mass is 543 g/mol. The molecule has 37 heavy (non-hydrogen) atoms. The van der Waals surface area contributed by atoms with Crippen molar-refractivity contribution < 1.29 is 21.6 Å². The van der Waals surface area contributed by atoms with Crippen molar-refractivity contribution in [3.8, 4) is 0 Å². The van der Waals surface area contributed by atoms with Crippen molar-refractivity contribution in [1.29, 1.82) is 0 Å². The van der Waals surface area contributed by atoms with Gasteiger partial charge in [-0.1, -0.05) is 44.2 Å². The summed E-state index contributed by atoms with van der Waals surface area (Å²) in [7, 11) is -7.12. The molecule has 0 unspecified atom stereocenters. The third kappa shape index (κ3) is 6.57. The highest BCUT2D eigenvalue weighted by Crippen LogP contribution is 2.28. The molecular formula is C27H33N3O5S2. The number of para-hydroxylation sites is 1. The number of carbonyl (C=O) groups is 1. The number of anilines is 2. The predicted molar refractivity (Wildman–Crippen MR) is 148 cm³/mol. The van der Waals surface area contributed by atoms with Gasteiger partial charge in [0.1, 0.15) is 0 Å². The molecule has 0 aliphatic carbocycles. The molecule has 1 N–H and O–H groups in total. The van der Waals surface area contributed by atoms with Crippen LogP contribution in [-0.4, -0.2) is 46.4 Å². The lowest BCUT2D eigenvalue weighted by Crippen LogP contribution is -2.30. The van der Waals surface area contributed by atoms with Gasteiger partial charge in [0.25, 0.3) is 5.91 Å². The Labute approximate surface area is 220 Å². The minimum absolute atomic E-state index is 0.134. The Morgan fingerprint density at radius 3 is 1.84 bits per heavy atom. The highest BCUT2D eigenvalue weighted by molar-refractivity contribution is 7.92. The summed E-state index contributed by atoms with van der Waals surface area (Å²) in [5.74, 6) is -0.361. The van der Waals surface area contributed by atoms with Crippen LogP contribution in [0.5, 0.6) is 0 Å². The lowest BCUT2D eigenvalue weighted by molar-refractivity contribution is 0.102. The van der Waals surface area contributed by atoms with Gasteiger partial charge in [-0.05, 0) is 66.9 Å². The number of nitrogens with one attached hydrogen (secondary N) is 1. The lowest BCUT2D eigenvalue weighted by atomic mass is 10.1. The summed E-state index contributed by atoms with van der Waals surface area (Å²) in [5, 5.41) is 2.77. The maximum absolute atomic E-state index is 12.8. The molecule has 1 amide bonds. The van der Waals surface area contributed by atoms with Crippen molar-refractivity contribution in [2.45, 2.75) is 39.1 Å². The van der Waals surface area contributed by atoms with Crippen LogP contribution in [0.15, 0.2) is 71.6 Å². The Bertz CT molecular complexity index is 1440. The zero-order chi connectivity index (χ0) is 27.4. The summed E-state index contributed by atoms with van der Waals surface area (Å²) in [6, 6.07) is 18.4.